The summed E-state index contributed by atoms with van der Waals surface area (Å²) in [6.07, 6.45) is -1.97. The number of carboxylic acid groups (broad SMARTS) is 1. The van der Waals surface area contributed by atoms with Crippen molar-refractivity contribution < 1.29 is 20.1 Å². The molecule has 6 N–H and O–H groups in total. The maximum Gasteiger partial charge on any atom is 0.333 e. The Morgan fingerprint density at radius 2 is 1.90 bits per heavy atom. The van der Waals surface area contributed by atoms with Gasteiger partial charge in [-0.15, -0.1) is 0 Å². The van der Waals surface area contributed by atoms with E-state index in [0.29, 0.717) is 0 Å². The predicted molar refractivity (Wildman–Crippen MR) is 38.5 cm³/mol. The minimum absolute atomic E-state index is 0. The molecule has 6 heteroatoms. The van der Waals surface area contributed by atoms with E-state index in [1.54, 1.807) is 0 Å². The summed E-state index contributed by atoms with van der Waals surface area (Å²) in [6.45, 7) is 0. The number of carbonyl (C=O) groups is 1. The lowest BCUT2D eigenvalue weighted by Crippen LogP contribution is -2.22. The summed E-state index contributed by atoms with van der Waals surface area (Å²) in [7, 11) is 0. The number of hydrogen-bond donors (Lipinski definition) is 4. The van der Waals surface area contributed by atoms with Gasteiger partial charge in [0.25, 0.3) is 0 Å². The van der Waals surface area contributed by atoms with Crippen LogP contribution in [-0.2, 0) is 4.79 Å². The predicted octanol–water partition coefficient (Wildman–Crippen LogP) is -0.131. The Labute approximate surface area is 62.9 Å². The van der Waals surface area contributed by atoms with Gasteiger partial charge in [0, 0.05) is 0 Å². The summed E-state index contributed by atoms with van der Waals surface area (Å²) in [4.78, 5) is 9.81. The Kier molecular flexibility index (Phi) is 6.12. The van der Waals surface area contributed by atoms with Gasteiger partial charge in [-0.1, -0.05) is 0 Å². The van der Waals surface area contributed by atoms with Gasteiger partial charge in [-0.2, -0.15) is 0 Å². The van der Waals surface area contributed by atoms with E-state index in [-0.39, 0.29) is 12.6 Å². The lowest BCUT2D eigenvalue weighted by atomic mass is 10.3. The van der Waals surface area contributed by atoms with Gasteiger partial charge in [-0.3, -0.25) is 0 Å². The van der Waals surface area contributed by atoms with E-state index in [2.05, 4.69) is 12.2 Å². The molecule has 0 aliphatic rings. The number of aliphatic hydroxyl groups excluding tert-OH is 2. The van der Waals surface area contributed by atoms with Crippen LogP contribution < -0.4 is 6.15 Å². The minimum atomic E-state index is -1.58. The largest absolute Gasteiger partial charge is 0.502 e. The van der Waals surface area contributed by atoms with Crippen molar-refractivity contribution in [2.45, 2.75) is 12.5 Å². The van der Waals surface area contributed by atoms with Gasteiger partial charge in [0.15, 0.2) is 11.2 Å². The highest BCUT2D eigenvalue weighted by atomic mass is 32.1. The monoisotopic (exact) mass is 167 g/mol. The van der Waals surface area contributed by atoms with E-state index in [0.717, 1.165) is 0 Å². The average molecular weight is 167 g/mol. The number of aliphatic carboxylic acids is 1. The van der Waals surface area contributed by atoms with Crippen molar-refractivity contribution in [2.24, 2.45) is 0 Å². The molecule has 10 heavy (non-hydrogen) atoms. The average Bonchev–Trinajstić information content (AvgIpc) is 1.63. The van der Waals surface area contributed by atoms with Gasteiger partial charge in [0.2, 0.25) is 0 Å². The highest BCUT2D eigenvalue weighted by Gasteiger charge is 2.13. The molecule has 0 aromatic carbocycles. The second-order valence-corrected chi connectivity index (χ2v) is 1.92. The maximum absolute atomic E-state index is 9.81. The summed E-state index contributed by atoms with van der Waals surface area (Å²) >= 11 is 4.12. The maximum atomic E-state index is 9.81. The van der Waals surface area contributed by atoms with Crippen LogP contribution in [0, 0.1) is 0 Å². The van der Waals surface area contributed by atoms with Gasteiger partial charge in [-0.25, -0.2) is 4.79 Å². The molecule has 0 rings (SSSR count). The molecule has 0 amide bonds. The summed E-state index contributed by atoms with van der Waals surface area (Å²) in [5.41, 5.74) is 0. The Hall–Kier alpha value is -0.720. The number of carboxylic acids is 1. The van der Waals surface area contributed by atoms with Gasteiger partial charge < -0.3 is 21.5 Å². The van der Waals surface area contributed by atoms with Crippen molar-refractivity contribution in [3.8, 4) is 0 Å². The van der Waals surface area contributed by atoms with E-state index in [4.69, 9.17) is 15.3 Å². The summed E-state index contributed by atoms with van der Waals surface area (Å²) in [5, 5.41) is 24.2. The molecule has 0 spiro atoms. The van der Waals surface area contributed by atoms with Crippen LogP contribution in [0.4, 0.5) is 0 Å². The Morgan fingerprint density at radius 1 is 1.50 bits per heavy atom. The lowest BCUT2D eigenvalue weighted by molar-refractivity contribution is -0.146. The van der Waals surface area contributed by atoms with Crippen LogP contribution in [0.2, 0.25) is 0 Å². The molecule has 1 unspecified atom stereocenters. The second-order valence-electron chi connectivity index (χ2n) is 1.45. The summed E-state index contributed by atoms with van der Waals surface area (Å²) in [6, 6.07) is 0. The molecular formula is C4H9NO4S. The Balaban J connectivity index is 0. The highest BCUT2D eigenvalue weighted by Crippen LogP contribution is 1.91. The second kappa shape index (κ2) is 5.10. The first-order chi connectivity index (χ1) is 4.04. The fourth-order valence-electron chi connectivity index (χ4n) is 0.253. The van der Waals surface area contributed by atoms with E-state index < -0.39 is 17.1 Å². The Morgan fingerprint density at radius 3 is 2.00 bits per heavy atom. The molecule has 1 atom stereocenters. The zero-order valence-corrected chi connectivity index (χ0v) is 5.97. The third-order valence-electron chi connectivity index (χ3n) is 0.653. The number of aliphatic hydroxyl groups is 2. The highest BCUT2D eigenvalue weighted by molar-refractivity contribution is 7.80. The molecule has 0 fully saturated rings. The molecule has 0 bridgehead atoms. The van der Waals surface area contributed by atoms with Crippen molar-refractivity contribution in [3.05, 3.63) is 0 Å². The van der Waals surface area contributed by atoms with Crippen LogP contribution in [0.15, 0.2) is 0 Å². The van der Waals surface area contributed by atoms with Crippen LogP contribution >= 0.6 is 12.2 Å². The zero-order valence-electron chi connectivity index (χ0n) is 5.15. The summed E-state index contributed by atoms with van der Waals surface area (Å²) in [5.74, 6) is -1.38. The van der Waals surface area contributed by atoms with Crippen molar-refractivity contribution in [1.82, 2.24) is 6.15 Å². The first-order valence-corrected chi connectivity index (χ1v) is 2.57. The smallest absolute Gasteiger partial charge is 0.333 e. The molecular weight excluding hydrogens is 158 g/mol. The quantitative estimate of drug-likeness (QED) is 0.435. The van der Waals surface area contributed by atoms with Crippen LogP contribution in [0.5, 0.6) is 0 Å². The van der Waals surface area contributed by atoms with E-state index in [1.165, 1.54) is 0 Å². The standard InChI is InChI=1S/C4H6O4S.H3N/c5-2(4(7)8)1-3(6)9;/h2,5H,1H2,(H,6,9)(H,7,8);1H3. The zero-order chi connectivity index (χ0) is 7.44. The van der Waals surface area contributed by atoms with Crippen LogP contribution in [-0.4, -0.2) is 32.4 Å². The number of rotatable bonds is 3. The molecule has 5 nitrogen and oxygen atoms in total. The molecule has 0 saturated heterocycles. The van der Waals surface area contributed by atoms with Gasteiger partial charge >= 0.3 is 5.97 Å². The fourth-order valence-corrected chi connectivity index (χ4v) is 0.411. The molecule has 0 aromatic rings. The first-order valence-electron chi connectivity index (χ1n) is 2.16. The van der Waals surface area contributed by atoms with Crippen molar-refractivity contribution in [2.75, 3.05) is 0 Å². The van der Waals surface area contributed by atoms with Gasteiger partial charge in [0.05, 0.1) is 6.42 Å². The van der Waals surface area contributed by atoms with Gasteiger partial charge in [0.1, 0.15) is 0 Å². The van der Waals surface area contributed by atoms with Crippen molar-refractivity contribution in [3.63, 3.8) is 0 Å². The number of hydrogen-bond acceptors (Lipinski definition) is 4. The SMILES string of the molecule is N.O=C(O)C(O)CC(O)=S. The van der Waals surface area contributed by atoms with Crippen LogP contribution in [0.25, 0.3) is 0 Å². The topological polar surface area (TPSA) is 113 Å². The molecule has 0 saturated carbocycles. The molecule has 0 aliphatic heterocycles. The van der Waals surface area contributed by atoms with E-state index >= 15 is 0 Å². The molecule has 0 aromatic heterocycles. The molecule has 0 radical (unpaired) electrons. The van der Waals surface area contributed by atoms with Gasteiger partial charge in [-0.05, 0) is 12.2 Å². The van der Waals surface area contributed by atoms with Crippen LogP contribution in [0.3, 0.4) is 0 Å². The third kappa shape index (κ3) is 5.42. The molecule has 60 valence electrons. The third-order valence-corrected chi connectivity index (χ3v) is 0.820. The fraction of sp³-hybridized carbons (Fsp3) is 0.500. The van der Waals surface area contributed by atoms with Crippen LogP contribution in [0.1, 0.15) is 6.42 Å². The van der Waals surface area contributed by atoms with E-state index in [1.807, 2.05) is 0 Å². The molecule has 0 heterocycles. The minimum Gasteiger partial charge on any atom is -0.502 e. The first kappa shape index (κ1) is 12.0. The normalized spacial score (nSPS) is 11.3. The van der Waals surface area contributed by atoms with Crippen molar-refractivity contribution in [1.29, 1.82) is 0 Å². The lowest BCUT2D eigenvalue weighted by Gasteiger charge is -1.99. The van der Waals surface area contributed by atoms with Crippen molar-refractivity contribution >= 4 is 23.2 Å². The Bertz CT molecular complexity index is 137. The summed E-state index contributed by atoms with van der Waals surface area (Å²) < 4.78 is 0. The number of thiocarbonyl (C=S) groups is 1. The molecule has 0 aliphatic carbocycles. The van der Waals surface area contributed by atoms with E-state index in [9.17, 15) is 4.79 Å².